The number of rotatable bonds is 3. The van der Waals surface area contributed by atoms with Gasteiger partial charge in [0.15, 0.2) is 0 Å². The Kier molecular flexibility index (Phi) is 3.94. The quantitative estimate of drug-likeness (QED) is 0.756. The summed E-state index contributed by atoms with van der Waals surface area (Å²) in [5, 5.41) is 5.92. The van der Waals surface area contributed by atoms with Gasteiger partial charge in [0.05, 0.1) is 7.11 Å². The highest BCUT2D eigenvalue weighted by atomic mass is 16.5. The predicted octanol–water partition coefficient (Wildman–Crippen LogP) is 0.320. The van der Waals surface area contributed by atoms with Gasteiger partial charge in [-0.1, -0.05) is 18.2 Å². The molecule has 0 bridgehead atoms. The number of hydrogen-bond donors (Lipinski definition) is 2. The number of carbonyl (C=O) groups is 2. The van der Waals surface area contributed by atoms with Crippen LogP contribution in [0.5, 0.6) is 0 Å². The Hall–Kier alpha value is -1.88. The average Bonchev–Trinajstić information content (AvgIpc) is 2.87. The van der Waals surface area contributed by atoms with Gasteiger partial charge in [0, 0.05) is 18.2 Å². The van der Waals surface area contributed by atoms with E-state index in [-0.39, 0.29) is 24.0 Å². The molecule has 0 aliphatic carbocycles. The molecule has 1 aliphatic rings. The molecule has 2 atom stereocenters. The summed E-state index contributed by atoms with van der Waals surface area (Å²) in [6, 6.07) is 8.66. The summed E-state index contributed by atoms with van der Waals surface area (Å²) in [4.78, 5) is 23.2. The second kappa shape index (κ2) is 5.64. The fourth-order valence-electron chi connectivity index (χ4n) is 2.03. The normalized spacial score (nSPS) is 22.5. The van der Waals surface area contributed by atoms with Crippen molar-refractivity contribution in [1.29, 1.82) is 0 Å². The summed E-state index contributed by atoms with van der Waals surface area (Å²) in [5.41, 5.74) is 0.624. The van der Waals surface area contributed by atoms with Crippen LogP contribution < -0.4 is 10.6 Å². The van der Waals surface area contributed by atoms with Crippen molar-refractivity contribution in [2.24, 2.45) is 0 Å². The number of hydrogen-bond acceptors (Lipinski definition) is 4. The molecule has 1 amide bonds. The minimum atomic E-state index is -0.323. The van der Waals surface area contributed by atoms with E-state index in [1.165, 1.54) is 7.11 Å². The van der Waals surface area contributed by atoms with Crippen molar-refractivity contribution in [3.8, 4) is 0 Å². The van der Waals surface area contributed by atoms with Gasteiger partial charge in [0.2, 0.25) is 0 Å². The highest BCUT2D eigenvalue weighted by molar-refractivity contribution is 5.94. The Labute approximate surface area is 106 Å². The fourth-order valence-corrected chi connectivity index (χ4v) is 2.03. The van der Waals surface area contributed by atoms with E-state index >= 15 is 0 Å². The van der Waals surface area contributed by atoms with Crippen LogP contribution in [-0.2, 0) is 9.53 Å². The first-order valence-corrected chi connectivity index (χ1v) is 5.88. The monoisotopic (exact) mass is 248 g/mol. The lowest BCUT2D eigenvalue weighted by Crippen LogP contribution is -2.36. The van der Waals surface area contributed by atoms with E-state index in [1.807, 2.05) is 18.2 Å². The SMILES string of the molecule is COC(=O)C1CC(NC(=O)c2ccccc2)CN1. The van der Waals surface area contributed by atoms with E-state index in [0.717, 1.165) is 0 Å². The highest BCUT2D eigenvalue weighted by Crippen LogP contribution is 2.09. The zero-order chi connectivity index (χ0) is 13.0. The van der Waals surface area contributed by atoms with Crippen LogP contribution in [0.2, 0.25) is 0 Å². The maximum Gasteiger partial charge on any atom is 0.322 e. The van der Waals surface area contributed by atoms with Crippen molar-refractivity contribution < 1.29 is 14.3 Å². The number of ether oxygens (including phenoxy) is 1. The van der Waals surface area contributed by atoms with Crippen molar-refractivity contribution >= 4 is 11.9 Å². The number of benzene rings is 1. The average molecular weight is 248 g/mol. The molecule has 1 aromatic carbocycles. The van der Waals surface area contributed by atoms with Gasteiger partial charge >= 0.3 is 5.97 Å². The fraction of sp³-hybridized carbons (Fsp3) is 0.385. The van der Waals surface area contributed by atoms with Gasteiger partial charge in [-0.2, -0.15) is 0 Å². The Bertz CT molecular complexity index is 433. The third-order valence-corrected chi connectivity index (χ3v) is 2.99. The largest absolute Gasteiger partial charge is 0.468 e. The van der Waals surface area contributed by atoms with E-state index in [0.29, 0.717) is 18.5 Å². The lowest BCUT2D eigenvalue weighted by Gasteiger charge is -2.11. The van der Waals surface area contributed by atoms with Crippen LogP contribution in [0, 0.1) is 0 Å². The van der Waals surface area contributed by atoms with Crippen LogP contribution in [0.1, 0.15) is 16.8 Å². The van der Waals surface area contributed by atoms with Gasteiger partial charge in [-0.05, 0) is 18.6 Å². The molecule has 1 heterocycles. The van der Waals surface area contributed by atoms with Gasteiger partial charge in [-0.25, -0.2) is 0 Å². The number of esters is 1. The molecule has 1 saturated heterocycles. The minimum absolute atomic E-state index is 0.0400. The van der Waals surface area contributed by atoms with Gasteiger partial charge in [-0.15, -0.1) is 0 Å². The molecule has 1 fully saturated rings. The first kappa shape index (κ1) is 12.6. The van der Waals surface area contributed by atoms with Gasteiger partial charge in [0.25, 0.3) is 5.91 Å². The Morgan fingerprint density at radius 3 is 2.72 bits per heavy atom. The topological polar surface area (TPSA) is 67.4 Å². The van der Waals surface area contributed by atoms with Crippen molar-refractivity contribution in [2.75, 3.05) is 13.7 Å². The van der Waals surface area contributed by atoms with Crippen molar-refractivity contribution in [3.63, 3.8) is 0 Å². The third kappa shape index (κ3) is 2.87. The summed E-state index contributed by atoms with van der Waals surface area (Å²) in [6.07, 6.45) is 0.561. The first-order chi connectivity index (χ1) is 8.70. The molecule has 0 spiro atoms. The van der Waals surface area contributed by atoms with Crippen molar-refractivity contribution in [1.82, 2.24) is 10.6 Å². The number of carbonyl (C=O) groups excluding carboxylic acids is 2. The molecule has 5 heteroatoms. The number of nitrogens with one attached hydrogen (secondary N) is 2. The molecule has 96 valence electrons. The maximum atomic E-state index is 11.9. The van der Waals surface area contributed by atoms with Gasteiger partial charge in [-0.3, -0.25) is 9.59 Å². The molecule has 2 N–H and O–H groups in total. The molecule has 5 nitrogen and oxygen atoms in total. The third-order valence-electron chi connectivity index (χ3n) is 2.99. The number of methoxy groups -OCH3 is 1. The zero-order valence-corrected chi connectivity index (χ0v) is 10.2. The van der Waals surface area contributed by atoms with Crippen LogP contribution in [0.3, 0.4) is 0 Å². The second-order valence-corrected chi connectivity index (χ2v) is 4.26. The van der Waals surface area contributed by atoms with Crippen LogP contribution in [-0.4, -0.2) is 37.6 Å². The predicted molar refractivity (Wildman–Crippen MR) is 66.1 cm³/mol. The number of amides is 1. The Balaban J connectivity index is 1.89. The van der Waals surface area contributed by atoms with Gasteiger partial charge < -0.3 is 15.4 Å². The zero-order valence-electron chi connectivity index (χ0n) is 10.2. The van der Waals surface area contributed by atoms with E-state index in [4.69, 9.17) is 0 Å². The molecule has 0 aromatic heterocycles. The Morgan fingerprint density at radius 1 is 1.33 bits per heavy atom. The molecule has 2 unspecified atom stereocenters. The minimum Gasteiger partial charge on any atom is -0.468 e. The molecule has 2 rings (SSSR count). The van der Waals surface area contributed by atoms with Crippen LogP contribution >= 0.6 is 0 Å². The lowest BCUT2D eigenvalue weighted by atomic mass is 10.1. The summed E-state index contributed by atoms with van der Waals surface area (Å²) in [5.74, 6) is -0.403. The first-order valence-electron chi connectivity index (χ1n) is 5.88. The Morgan fingerprint density at radius 2 is 2.06 bits per heavy atom. The van der Waals surface area contributed by atoms with Crippen LogP contribution in [0.4, 0.5) is 0 Å². The lowest BCUT2D eigenvalue weighted by molar-refractivity contribution is -0.142. The summed E-state index contributed by atoms with van der Waals surface area (Å²) >= 11 is 0. The van der Waals surface area contributed by atoms with E-state index < -0.39 is 0 Å². The molecular weight excluding hydrogens is 232 g/mol. The van der Waals surface area contributed by atoms with E-state index in [2.05, 4.69) is 15.4 Å². The van der Waals surface area contributed by atoms with Crippen molar-refractivity contribution in [2.45, 2.75) is 18.5 Å². The molecule has 1 aliphatic heterocycles. The highest BCUT2D eigenvalue weighted by Gasteiger charge is 2.30. The van der Waals surface area contributed by atoms with Crippen molar-refractivity contribution in [3.05, 3.63) is 35.9 Å². The van der Waals surface area contributed by atoms with Crippen LogP contribution in [0.25, 0.3) is 0 Å². The molecular formula is C13H16N2O3. The summed E-state index contributed by atoms with van der Waals surface area (Å²) in [7, 11) is 1.36. The molecule has 0 saturated carbocycles. The van der Waals surface area contributed by atoms with E-state index in [9.17, 15) is 9.59 Å². The van der Waals surface area contributed by atoms with Crippen LogP contribution in [0.15, 0.2) is 30.3 Å². The smallest absolute Gasteiger partial charge is 0.322 e. The molecule has 18 heavy (non-hydrogen) atoms. The summed E-state index contributed by atoms with van der Waals surface area (Å²) < 4.78 is 4.66. The summed E-state index contributed by atoms with van der Waals surface area (Å²) in [6.45, 7) is 0.582. The van der Waals surface area contributed by atoms with E-state index in [1.54, 1.807) is 12.1 Å². The van der Waals surface area contributed by atoms with Gasteiger partial charge in [0.1, 0.15) is 6.04 Å². The maximum absolute atomic E-state index is 11.9. The second-order valence-electron chi connectivity index (χ2n) is 4.26. The standard InChI is InChI=1S/C13H16N2O3/c1-18-13(17)11-7-10(8-14-11)15-12(16)9-5-3-2-4-6-9/h2-6,10-11,14H,7-8H2,1H3,(H,15,16). The molecule has 1 aromatic rings. The molecule has 0 radical (unpaired) electrons.